The van der Waals surface area contributed by atoms with Crippen LogP contribution in [-0.2, 0) is 4.74 Å². The summed E-state index contributed by atoms with van der Waals surface area (Å²) in [5.41, 5.74) is 0.441. The first-order valence-electron chi connectivity index (χ1n) is 4.88. The minimum absolute atomic E-state index is 0.441. The second kappa shape index (κ2) is 4.93. The van der Waals surface area contributed by atoms with E-state index in [4.69, 9.17) is 11.6 Å². The number of amides is 1. The predicted octanol–water partition coefficient (Wildman–Crippen LogP) is 4.34. The fraction of sp³-hybridized carbons (Fsp3) is 0.0833. The molecule has 1 amide bonds. The molecule has 0 aromatic heterocycles. The third-order valence-corrected chi connectivity index (χ3v) is 2.53. The van der Waals surface area contributed by atoms with Gasteiger partial charge in [0.1, 0.15) is 5.69 Å². The maximum Gasteiger partial charge on any atom is 0.452 e. The summed E-state index contributed by atoms with van der Waals surface area (Å²) in [4.78, 5) is 10.8. The van der Waals surface area contributed by atoms with E-state index in [-0.39, 0.29) is 0 Å². The molecule has 0 fully saturated rings. The average Bonchev–Trinajstić information content (AvgIpc) is 2.35. The molecule has 0 heterocycles. The lowest BCUT2D eigenvalue weighted by molar-refractivity contribution is 0.181. The number of halogens is 1. The highest BCUT2D eigenvalue weighted by molar-refractivity contribution is 6.33. The fourth-order valence-corrected chi connectivity index (χ4v) is 1.62. The zero-order valence-corrected chi connectivity index (χ0v) is 9.81. The van der Waals surface area contributed by atoms with Gasteiger partial charge in [0.15, 0.2) is 0 Å². The van der Waals surface area contributed by atoms with Crippen LogP contribution in [0.15, 0.2) is 46.6 Å². The van der Waals surface area contributed by atoms with Gasteiger partial charge in [0.05, 0.1) is 12.1 Å². The van der Waals surface area contributed by atoms with Crippen LogP contribution in [0.3, 0.4) is 0 Å². The van der Waals surface area contributed by atoms with Crippen molar-refractivity contribution in [2.45, 2.75) is 0 Å². The number of ether oxygens (including phenoxy) is 1. The van der Waals surface area contributed by atoms with Crippen LogP contribution in [0, 0.1) is 0 Å². The van der Waals surface area contributed by atoms with Gasteiger partial charge in [0, 0.05) is 0 Å². The summed E-state index contributed by atoms with van der Waals surface area (Å²) in [5.74, 6) is 0. The number of benzene rings is 2. The monoisotopic (exact) mass is 248 g/mol. The molecular formula is C12H9ClN2O2. The van der Waals surface area contributed by atoms with Gasteiger partial charge in [-0.15, -0.1) is 5.11 Å². The molecule has 86 valence electrons. The number of carbonyl (C=O) groups is 1. The van der Waals surface area contributed by atoms with E-state index in [2.05, 4.69) is 15.0 Å². The van der Waals surface area contributed by atoms with Crippen molar-refractivity contribution in [3.63, 3.8) is 0 Å². The topological polar surface area (TPSA) is 51.0 Å². The van der Waals surface area contributed by atoms with Crippen LogP contribution in [0.25, 0.3) is 10.8 Å². The van der Waals surface area contributed by atoms with Crippen molar-refractivity contribution in [3.8, 4) is 0 Å². The number of nitrogens with zero attached hydrogens (tertiary/aromatic N) is 2. The molecule has 0 bridgehead atoms. The van der Waals surface area contributed by atoms with Gasteiger partial charge in [-0.05, 0) is 22.9 Å². The van der Waals surface area contributed by atoms with Crippen molar-refractivity contribution < 1.29 is 9.53 Å². The van der Waals surface area contributed by atoms with E-state index in [0.29, 0.717) is 10.7 Å². The Labute approximate surface area is 103 Å². The second-order valence-electron chi connectivity index (χ2n) is 3.32. The maximum absolute atomic E-state index is 10.8. The number of methoxy groups -OCH3 is 1. The summed E-state index contributed by atoms with van der Waals surface area (Å²) in [6.07, 6.45) is -0.755. The van der Waals surface area contributed by atoms with Crippen LogP contribution < -0.4 is 0 Å². The molecule has 0 saturated heterocycles. The highest BCUT2D eigenvalue weighted by Crippen LogP contribution is 2.30. The van der Waals surface area contributed by atoms with Crippen LogP contribution in [-0.4, -0.2) is 13.2 Å². The highest BCUT2D eigenvalue weighted by Gasteiger charge is 2.03. The summed E-state index contributed by atoms with van der Waals surface area (Å²) in [6, 6.07) is 11.3. The maximum atomic E-state index is 10.8. The summed E-state index contributed by atoms with van der Waals surface area (Å²) in [7, 11) is 1.24. The van der Waals surface area contributed by atoms with E-state index in [0.717, 1.165) is 10.8 Å². The van der Waals surface area contributed by atoms with Crippen molar-refractivity contribution >= 4 is 34.2 Å². The van der Waals surface area contributed by atoms with Crippen LogP contribution in [0.4, 0.5) is 10.5 Å². The zero-order valence-electron chi connectivity index (χ0n) is 9.05. The van der Waals surface area contributed by atoms with Crippen molar-refractivity contribution in [1.29, 1.82) is 0 Å². The van der Waals surface area contributed by atoms with Crippen LogP contribution in [0.1, 0.15) is 0 Å². The Kier molecular flexibility index (Phi) is 3.35. The minimum Gasteiger partial charge on any atom is -0.450 e. The van der Waals surface area contributed by atoms with Crippen molar-refractivity contribution in [2.24, 2.45) is 10.2 Å². The van der Waals surface area contributed by atoms with Gasteiger partial charge in [0.25, 0.3) is 0 Å². The van der Waals surface area contributed by atoms with Gasteiger partial charge in [-0.2, -0.15) is 0 Å². The van der Waals surface area contributed by atoms with Crippen LogP contribution in [0.2, 0.25) is 5.02 Å². The lowest BCUT2D eigenvalue weighted by Crippen LogP contribution is -1.89. The number of azo groups is 1. The largest absolute Gasteiger partial charge is 0.452 e. The van der Waals surface area contributed by atoms with Crippen molar-refractivity contribution in [1.82, 2.24) is 0 Å². The number of carbonyl (C=O) groups excluding carboxylic acids is 1. The Balaban J connectivity index is 2.44. The van der Waals surface area contributed by atoms with Gasteiger partial charge >= 0.3 is 6.09 Å². The van der Waals surface area contributed by atoms with E-state index in [9.17, 15) is 4.79 Å². The molecule has 0 atom stereocenters. The minimum atomic E-state index is -0.755. The SMILES string of the molecule is COC(=O)N=Nc1cc2ccccc2cc1Cl. The molecule has 0 spiro atoms. The highest BCUT2D eigenvalue weighted by atomic mass is 35.5. The summed E-state index contributed by atoms with van der Waals surface area (Å²) in [5, 5.41) is 9.54. The first-order chi connectivity index (χ1) is 8.20. The molecule has 5 heteroatoms. The third-order valence-electron chi connectivity index (χ3n) is 2.23. The van der Waals surface area contributed by atoms with Gasteiger partial charge < -0.3 is 4.74 Å². The number of hydrogen-bond acceptors (Lipinski definition) is 3. The normalized spacial score (nSPS) is 10.9. The van der Waals surface area contributed by atoms with Crippen LogP contribution in [0.5, 0.6) is 0 Å². The molecule has 2 rings (SSSR count). The van der Waals surface area contributed by atoms with E-state index in [1.165, 1.54) is 7.11 Å². The number of rotatable bonds is 1. The van der Waals surface area contributed by atoms with E-state index < -0.39 is 6.09 Å². The molecule has 0 aliphatic heterocycles. The summed E-state index contributed by atoms with van der Waals surface area (Å²) >= 11 is 6.02. The Hall–Kier alpha value is -1.94. The van der Waals surface area contributed by atoms with Gasteiger partial charge in [-0.25, -0.2) is 4.79 Å². The third kappa shape index (κ3) is 2.60. The molecule has 0 aliphatic carbocycles. The van der Waals surface area contributed by atoms with Gasteiger partial charge in [-0.1, -0.05) is 41.0 Å². The van der Waals surface area contributed by atoms with E-state index in [1.54, 1.807) is 12.1 Å². The fourth-order valence-electron chi connectivity index (χ4n) is 1.41. The quantitative estimate of drug-likeness (QED) is 0.705. The summed E-state index contributed by atoms with van der Waals surface area (Å²) < 4.78 is 4.36. The standard InChI is InChI=1S/C12H9ClN2O2/c1-17-12(16)15-14-11-7-9-5-3-2-4-8(9)6-10(11)13/h2-7H,1H3. The molecule has 0 N–H and O–H groups in total. The lowest BCUT2D eigenvalue weighted by atomic mass is 10.1. The molecule has 0 unspecified atom stereocenters. The number of fused-ring (bicyclic) bond motifs is 1. The Morgan fingerprint density at radius 2 is 1.88 bits per heavy atom. The molecule has 2 aromatic carbocycles. The molecule has 2 aromatic rings. The predicted molar refractivity (Wildman–Crippen MR) is 65.9 cm³/mol. The Bertz CT molecular complexity index is 596. The zero-order chi connectivity index (χ0) is 12.3. The molecule has 0 saturated carbocycles. The average molecular weight is 249 g/mol. The van der Waals surface area contributed by atoms with Crippen LogP contribution >= 0.6 is 11.6 Å². The molecule has 17 heavy (non-hydrogen) atoms. The van der Waals surface area contributed by atoms with E-state index >= 15 is 0 Å². The van der Waals surface area contributed by atoms with Crippen molar-refractivity contribution in [3.05, 3.63) is 41.4 Å². The first kappa shape index (κ1) is 11.5. The smallest absolute Gasteiger partial charge is 0.450 e. The summed E-state index contributed by atoms with van der Waals surface area (Å²) in [6.45, 7) is 0. The van der Waals surface area contributed by atoms with E-state index in [1.807, 2.05) is 24.3 Å². The Morgan fingerprint density at radius 1 is 1.24 bits per heavy atom. The van der Waals surface area contributed by atoms with Gasteiger partial charge in [-0.3, -0.25) is 0 Å². The molecular weight excluding hydrogens is 240 g/mol. The molecule has 0 radical (unpaired) electrons. The second-order valence-corrected chi connectivity index (χ2v) is 3.73. The Morgan fingerprint density at radius 3 is 2.53 bits per heavy atom. The first-order valence-corrected chi connectivity index (χ1v) is 5.26. The molecule has 4 nitrogen and oxygen atoms in total. The van der Waals surface area contributed by atoms with Crippen molar-refractivity contribution in [2.75, 3.05) is 7.11 Å². The molecule has 0 aliphatic rings. The van der Waals surface area contributed by atoms with Gasteiger partial charge in [0.2, 0.25) is 0 Å². The number of hydrogen-bond donors (Lipinski definition) is 0. The lowest BCUT2D eigenvalue weighted by Gasteiger charge is -2.01.